The molecule has 25 heteroatoms. The van der Waals surface area contributed by atoms with E-state index < -0.39 is 83.5 Å². The summed E-state index contributed by atoms with van der Waals surface area (Å²) in [5.41, 5.74) is 10.4. The Labute approximate surface area is 248 Å². The molecular formula is C20H22F2N11O10P2-. The molecule has 2 bridgehead atoms. The molecule has 4 aromatic rings. The van der Waals surface area contributed by atoms with Crippen LogP contribution >= 0.6 is 15.6 Å². The Balaban J connectivity index is 1.21. The summed E-state index contributed by atoms with van der Waals surface area (Å²) in [6, 6.07) is 0. The maximum Gasteiger partial charge on any atom is 0.472 e. The van der Waals surface area contributed by atoms with Gasteiger partial charge in [-0.1, -0.05) is 0 Å². The maximum atomic E-state index is 15.9. The van der Waals surface area contributed by atoms with Gasteiger partial charge in [0, 0.05) is 6.54 Å². The van der Waals surface area contributed by atoms with E-state index >= 15 is 8.78 Å². The lowest BCUT2D eigenvalue weighted by Crippen LogP contribution is -2.40. The van der Waals surface area contributed by atoms with Crippen LogP contribution in [-0.4, -0.2) is 93.8 Å². The number of ether oxygens (including phenoxy) is 2. The first-order valence-corrected chi connectivity index (χ1v) is 16.0. The SMILES string of the molecule is Nc1nc2c(ncn2C2OC3COP(=O)(O)OC4C(CNP(=O)([O-])OC2C3F)OC(n2cnc3c(N)ncnc32)C4F)c(=O)[nH]1. The number of nitrogens with one attached hydrogen (secondary N) is 2. The molecule has 45 heavy (non-hydrogen) atoms. The molecule has 7 N–H and O–H groups in total. The average Bonchev–Trinajstić information content (AvgIpc) is 3.72. The molecule has 3 saturated heterocycles. The number of anilines is 2. The lowest BCUT2D eigenvalue weighted by atomic mass is 10.1. The first-order valence-electron chi connectivity index (χ1n) is 13.0. The van der Waals surface area contributed by atoms with Gasteiger partial charge in [0.05, 0.1) is 19.3 Å². The van der Waals surface area contributed by atoms with E-state index in [4.69, 9.17) is 34.5 Å². The summed E-state index contributed by atoms with van der Waals surface area (Å²) in [5, 5.41) is 2.04. The predicted molar refractivity (Wildman–Crippen MR) is 141 cm³/mol. The Morgan fingerprint density at radius 3 is 2.44 bits per heavy atom. The average molecular weight is 676 g/mol. The van der Waals surface area contributed by atoms with Gasteiger partial charge in [0.1, 0.15) is 36.3 Å². The van der Waals surface area contributed by atoms with Gasteiger partial charge in [-0.05, 0) is 0 Å². The van der Waals surface area contributed by atoms with Gasteiger partial charge in [-0.2, -0.15) is 4.98 Å². The fraction of sp³-hybridized carbons (Fsp3) is 0.500. The van der Waals surface area contributed by atoms with Crippen molar-refractivity contribution >= 4 is 49.7 Å². The molecule has 3 aliphatic heterocycles. The van der Waals surface area contributed by atoms with Gasteiger partial charge in [-0.25, -0.2) is 33.3 Å². The van der Waals surface area contributed by atoms with E-state index in [-0.39, 0.29) is 34.1 Å². The number of phosphoric acid groups is 1. The van der Waals surface area contributed by atoms with Crippen LogP contribution in [0.25, 0.3) is 22.3 Å². The molecule has 0 spiro atoms. The number of imidazole rings is 2. The molecule has 242 valence electrons. The van der Waals surface area contributed by atoms with E-state index in [9.17, 15) is 23.7 Å². The normalized spacial score (nSPS) is 37.7. The topological polar surface area (TPSA) is 295 Å². The molecule has 7 rings (SSSR count). The number of phosphoric ester groups is 1. The highest BCUT2D eigenvalue weighted by Crippen LogP contribution is 2.52. The second kappa shape index (κ2) is 10.8. The van der Waals surface area contributed by atoms with Crippen molar-refractivity contribution in [2.75, 3.05) is 24.6 Å². The number of nitrogens with two attached hydrogens (primary N) is 2. The molecule has 3 aliphatic rings. The van der Waals surface area contributed by atoms with Crippen molar-refractivity contribution in [2.24, 2.45) is 0 Å². The summed E-state index contributed by atoms with van der Waals surface area (Å²) in [6.45, 7) is -1.75. The van der Waals surface area contributed by atoms with Gasteiger partial charge in [-0.3, -0.25) is 37.6 Å². The molecule has 21 nitrogen and oxygen atoms in total. The number of fused-ring (bicyclic) bond motifs is 5. The lowest BCUT2D eigenvalue weighted by molar-refractivity contribution is -0.211. The number of halogens is 2. The summed E-state index contributed by atoms with van der Waals surface area (Å²) in [7, 11) is -10.4. The minimum Gasteiger partial charge on any atom is -0.766 e. The molecule has 0 amide bonds. The molecule has 10 unspecified atom stereocenters. The van der Waals surface area contributed by atoms with E-state index in [1.54, 1.807) is 0 Å². The monoisotopic (exact) mass is 676 g/mol. The third-order valence-corrected chi connectivity index (χ3v) is 9.40. The Kier molecular flexibility index (Phi) is 7.24. The van der Waals surface area contributed by atoms with Crippen molar-refractivity contribution in [3.63, 3.8) is 0 Å². The number of rotatable bonds is 2. The Bertz CT molecular complexity index is 1940. The number of alkyl halides is 2. The molecular weight excluding hydrogens is 654 g/mol. The van der Waals surface area contributed by atoms with Crippen molar-refractivity contribution in [1.82, 2.24) is 44.1 Å². The summed E-state index contributed by atoms with van der Waals surface area (Å²) in [4.78, 5) is 57.8. The first kappa shape index (κ1) is 30.2. The standard InChI is InChI=1S/C20H23F2N11O10P2/c21-8-7-2-39-45(37,38)43-12-6(40-18(9(12)22)32-4-27-10-14(23)25-3-26-15(10)32)1-29-44(35,36)42-13(8)19(41-7)33-5-28-11-16(33)30-20(24)31-17(11)34/h3-9,12-13,18-19H,1-2H2,(H,37,38)(H2,23,25,26)(H2,29,35,36)(H3,24,30,31,34)/p-1. The minimum atomic E-state index is -5.23. The van der Waals surface area contributed by atoms with Crippen molar-refractivity contribution in [3.05, 3.63) is 29.3 Å². The molecule has 10 atom stereocenters. The smallest absolute Gasteiger partial charge is 0.472 e. The van der Waals surface area contributed by atoms with E-state index in [1.165, 1.54) is 0 Å². The van der Waals surface area contributed by atoms with Crippen LogP contribution < -0.4 is 27.0 Å². The fourth-order valence-electron chi connectivity index (χ4n) is 5.31. The zero-order valence-corrected chi connectivity index (χ0v) is 24.1. The summed E-state index contributed by atoms with van der Waals surface area (Å²) >= 11 is 0. The van der Waals surface area contributed by atoms with Crippen LogP contribution in [0.2, 0.25) is 0 Å². The Hall–Kier alpha value is -3.50. The third kappa shape index (κ3) is 5.29. The number of aromatic nitrogens is 8. The van der Waals surface area contributed by atoms with Crippen LogP contribution in [0.15, 0.2) is 23.8 Å². The molecule has 0 saturated carbocycles. The molecule has 0 aliphatic carbocycles. The van der Waals surface area contributed by atoms with E-state index in [2.05, 4.69) is 29.9 Å². The van der Waals surface area contributed by atoms with Gasteiger partial charge >= 0.3 is 7.82 Å². The van der Waals surface area contributed by atoms with Gasteiger partial charge in [0.25, 0.3) is 5.56 Å². The van der Waals surface area contributed by atoms with Crippen LogP contribution in [0, 0.1) is 0 Å². The van der Waals surface area contributed by atoms with Crippen molar-refractivity contribution in [3.8, 4) is 0 Å². The number of nitrogen functional groups attached to an aromatic ring is 2. The molecule has 0 aromatic carbocycles. The van der Waals surface area contributed by atoms with Gasteiger partial charge in [0.15, 0.2) is 47.4 Å². The summed E-state index contributed by atoms with van der Waals surface area (Å²) < 4.78 is 86.3. The largest absolute Gasteiger partial charge is 0.766 e. The number of H-pyrrole nitrogens is 1. The van der Waals surface area contributed by atoms with Crippen molar-refractivity contribution in [2.45, 2.75) is 49.2 Å². The van der Waals surface area contributed by atoms with E-state index in [1.807, 2.05) is 5.09 Å². The van der Waals surface area contributed by atoms with Crippen molar-refractivity contribution < 1.29 is 50.7 Å². The number of aromatic amines is 1. The first-order chi connectivity index (χ1) is 21.3. The quantitative estimate of drug-likeness (QED) is 0.152. The van der Waals surface area contributed by atoms with Gasteiger partial charge in [0.2, 0.25) is 13.7 Å². The maximum absolute atomic E-state index is 15.9. The van der Waals surface area contributed by atoms with Gasteiger partial charge < -0.3 is 35.3 Å². The molecule has 0 radical (unpaired) electrons. The molecule has 3 fully saturated rings. The molecule has 4 aromatic heterocycles. The van der Waals surface area contributed by atoms with Gasteiger partial charge in [-0.15, -0.1) is 0 Å². The second-order valence-corrected chi connectivity index (χ2v) is 13.1. The zero-order chi connectivity index (χ0) is 31.8. The highest BCUT2D eigenvalue weighted by Gasteiger charge is 2.53. The van der Waals surface area contributed by atoms with Crippen LogP contribution in [0.1, 0.15) is 12.5 Å². The van der Waals surface area contributed by atoms with Crippen LogP contribution in [-0.2, 0) is 32.2 Å². The molecule has 7 heterocycles. The fourth-order valence-corrected chi connectivity index (χ4v) is 7.29. The Morgan fingerprint density at radius 2 is 1.67 bits per heavy atom. The van der Waals surface area contributed by atoms with Crippen LogP contribution in [0.4, 0.5) is 20.5 Å². The predicted octanol–water partition coefficient (Wildman–Crippen LogP) is -1.45. The summed E-state index contributed by atoms with van der Waals surface area (Å²) in [5.74, 6) is -0.338. The van der Waals surface area contributed by atoms with Crippen LogP contribution in [0.3, 0.4) is 0 Å². The number of hydrogen-bond acceptors (Lipinski definition) is 16. The zero-order valence-electron chi connectivity index (χ0n) is 22.3. The lowest BCUT2D eigenvalue weighted by Gasteiger charge is -2.31. The summed E-state index contributed by atoms with van der Waals surface area (Å²) in [6.07, 6.45) is -11.6. The second-order valence-electron chi connectivity index (χ2n) is 10.1. The van der Waals surface area contributed by atoms with Crippen LogP contribution in [0.5, 0.6) is 0 Å². The number of hydrogen-bond donors (Lipinski definition) is 5. The highest BCUT2D eigenvalue weighted by molar-refractivity contribution is 7.49. The van der Waals surface area contributed by atoms with Crippen molar-refractivity contribution in [1.29, 1.82) is 0 Å². The minimum absolute atomic E-state index is 0.0126. The number of nitrogens with zero attached hydrogens (tertiary/aromatic N) is 7. The third-order valence-electron chi connectivity index (χ3n) is 7.32. The van der Waals surface area contributed by atoms with E-state index in [0.29, 0.717) is 0 Å². The Morgan fingerprint density at radius 1 is 0.956 bits per heavy atom. The van der Waals surface area contributed by atoms with E-state index in [0.717, 1.165) is 28.1 Å². The highest BCUT2D eigenvalue weighted by atomic mass is 31.2.